The smallest absolute Gasteiger partial charge is 0.311 e. The van der Waals surface area contributed by atoms with Crippen LogP contribution in [0.15, 0.2) is 24.3 Å². The molecule has 1 rings (SSSR count). The van der Waals surface area contributed by atoms with Gasteiger partial charge in [-0.2, -0.15) is 0 Å². The first-order valence-corrected chi connectivity index (χ1v) is 6.10. The van der Waals surface area contributed by atoms with Gasteiger partial charge in [0.2, 0.25) is 5.91 Å². The van der Waals surface area contributed by atoms with Crippen molar-refractivity contribution in [3.8, 4) is 5.75 Å². The van der Waals surface area contributed by atoms with Crippen molar-refractivity contribution in [3.63, 3.8) is 0 Å². The number of ether oxygens (including phenoxy) is 1. The lowest BCUT2D eigenvalue weighted by atomic mass is 9.95. The SMILES string of the molecule is COc1ccc(C(CC(=O)NC(C)C)C(=O)O)cc1. The molecule has 0 fully saturated rings. The number of carboxylic acid groups (broad SMARTS) is 1. The van der Waals surface area contributed by atoms with Gasteiger partial charge in [-0.05, 0) is 31.5 Å². The average Bonchev–Trinajstić information content (AvgIpc) is 2.35. The number of hydrogen-bond acceptors (Lipinski definition) is 3. The fourth-order valence-electron chi connectivity index (χ4n) is 1.75. The molecule has 2 N–H and O–H groups in total. The van der Waals surface area contributed by atoms with Crippen molar-refractivity contribution in [1.82, 2.24) is 5.32 Å². The molecule has 1 aromatic rings. The number of methoxy groups -OCH3 is 1. The average molecular weight is 265 g/mol. The minimum Gasteiger partial charge on any atom is -0.497 e. The molecule has 1 amide bonds. The Morgan fingerprint density at radius 3 is 2.26 bits per heavy atom. The highest BCUT2D eigenvalue weighted by atomic mass is 16.5. The van der Waals surface area contributed by atoms with Crippen molar-refractivity contribution in [3.05, 3.63) is 29.8 Å². The maximum atomic E-state index is 11.7. The Morgan fingerprint density at radius 1 is 1.26 bits per heavy atom. The minimum atomic E-state index is -1.01. The summed E-state index contributed by atoms with van der Waals surface area (Å²) in [4.78, 5) is 22.9. The van der Waals surface area contributed by atoms with Gasteiger partial charge in [0.15, 0.2) is 0 Å². The molecule has 0 aliphatic rings. The highest BCUT2D eigenvalue weighted by Gasteiger charge is 2.23. The molecule has 5 heteroatoms. The number of amides is 1. The summed E-state index contributed by atoms with van der Waals surface area (Å²) in [6, 6.07) is 6.70. The predicted molar refractivity (Wildman–Crippen MR) is 71.3 cm³/mol. The van der Waals surface area contributed by atoms with Crippen LogP contribution in [0.3, 0.4) is 0 Å². The van der Waals surface area contributed by atoms with Gasteiger partial charge in [0.25, 0.3) is 0 Å². The molecular formula is C14H19NO4. The highest BCUT2D eigenvalue weighted by molar-refractivity contribution is 5.85. The summed E-state index contributed by atoms with van der Waals surface area (Å²) in [5.41, 5.74) is 0.590. The topological polar surface area (TPSA) is 75.6 Å². The molecule has 0 saturated heterocycles. The number of carbonyl (C=O) groups excluding carboxylic acids is 1. The Hall–Kier alpha value is -2.04. The Kier molecular flexibility index (Phi) is 5.36. The van der Waals surface area contributed by atoms with E-state index in [2.05, 4.69) is 5.32 Å². The van der Waals surface area contributed by atoms with Gasteiger partial charge in [-0.25, -0.2) is 0 Å². The zero-order valence-corrected chi connectivity index (χ0v) is 11.3. The summed E-state index contributed by atoms with van der Waals surface area (Å²) in [7, 11) is 1.54. The molecule has 0 aliphatic carbocycles. The standard InChI is InChI=1S/C14H19NO4/c1-9(2)15-13(16)8-12(14(17)18)10-4-6-11(19-3)7-5-10/h4-7,9,12H,8H2,1-3H3,(H,15,16)(H,17,18). The molecule has 0 heterocycles. The van der Waals surface area contributed by atoms with Gasteiger partial charge in [0.1, 0.15) is 5.75 Å². The molecule has 1 aromatic carbocycles. The summed E-state index contributed by atoms with van der Waals surface area (Å²) in [6.45, 7) is 3.67. The van der Waals surface area contributed by atoms with Crippen molar-refractivity contribution in [2.75, 3.05) is 7.11 Å². The van der Waals surface area contributed by atoms with Gasteiger partial charge < -0.3 is 15.2 Å². The second-order valence-electron chi connectivity index (χ2n) is 4.59. The van der Waals surface area contributed by atoms with E-state index in [1.165, 1.54) is 0 Å². The van der Waals surface area contributed by atoms with Gasteiger partial charge in [-0.15, -0.1) is 0 Å². The molecule has 1 unspecified atom stereocenters. The lowest BCUT2D eigenvalue weighted by Gasteiger charge is -2.14. The van der Waals surface area contributed by atoms with Crippen molar-refractivity contribution in [2.24, 2.45) is 0 Å². The van der Waals surface area contributed by atoms with E-state index < -0.39 is 11.9 Å². The summed E-state index contributed by atoms with van der Waals surface area (Å²) < 4.78 is 5.02. The second kappa shape index (κ2) is 6.78. The second-order valence-corrected chi connectivity index (χ2v) is 4.59. The van der Waals surface area contributed by atoms with Crippen LogP contribution in [-0.4, -0.2) is 30.1 Å². The van der Waals surface area contributed by atoms with E-state index in [9.17, 15) is 14.7 Å². The zero-order valence-electron chi connectivity index (χ0n) is 11.3. The number of hydrogen-bond donors (Lipinski definition) is 2. The van der Waals surface area contributed by atoms with Gasteiger partial charge >= 0.3 is 5.97 Å². The third kappa shape index (κ3) is 4.62. The van der Waals surface area contributed by atoms with Crippen molar-refractivity contribution < 1.29 is 19.4 Å². The van der Waals surface area contributed by atoms with Gasteiger partial charge in [0, 0.05) is 12.5 Å². The third-order valence-electron chi connectivity index (χ3n) is 2.66. The van der Waals surface area contributed by atoms with Crippen LogP contribution in [0.2, 0.25) is 0 Å². The van der Waals surface area contributed by atoms with Gasteiger partial charge in [0.05, 0.1) is 13.0 Å². The molecule has 0 spiro atoms. The first-order valence-electron chi connectivity index (χ1n) is 6.10. The molecule has 5 nitrogen and oxygen atoms in total. The molecule has 0 radical (unpaired) electrons. The van der Waals surface area contributed by atoms with Crippen LogP contribution in [0.5, 0.6) is 5.75 Å². The maximum Gasteiger partial charge on any atom is 0.311 e. The Labute approximate surface area is 112 Å². The van der Waals surface area contributed by atoms with Crippen LogP contribution in [0.4, 0.5) is 0 Å². The largest absolute Gasteiger partial charge is 0.497 e. The lowest BCUT2D eigenvalue weighted by Crippen LogP contribution is -2.32. The number of rotatable bonds is 6. The fourth-order valence-corrected chi connectivity index (χ4v) is 1.75. The predicted octanol–water partition coefficient (Wildman–Crippen LogP) is 1.78. The van der Waals surface area contributed by atoms with Crippen molar-refractivity contribution >= 4 is 11.9 Å². The van der Waals surface area contributed by atoms with Crippen LogP contribution in [0.1, 0.15) is 31.7 Å². The molecule has 104 valence electrons. The number of carboxylic acids is 1. The number of benzene rings is 1. The van der Waals surface area contributed by atoms with E-state index in [0.717, 1.165) is 0 Å². The number of carbonyl (C=O) groups is 2. The summed E-state index contributed by atoms with van der Waals surface area (Å²) in [5, 5.41) is 11.9. The Morgan fingerprint density at radius 2 is 1.84 bits per heavy atom. The highest BCUT2D eigenvalue weighted by Crippen LogP contribution is 2.22. The monoisotopic (exact) mass is 265 g/mol. The molecule has 19 heavy (non-hydrogen) atoms. The van der Waals surface area contributed by atoms with E-state index >= 15 is 0 Å². The third-order valence-corrected chi connectivity index (χ3v) is 2.66. The molecule has 0 aliphatic heterocycles. The molecule has 0 bridgehead atoms. The van der Waals surface area contributed by atoms with E-state index in [-0.39, 0.29) is 18.4 Å². The quantitative estimate of drug-likeness (QED) is 0.822. The molecule has 1 atom stereocenters. The van der Waals surface area contributed by atoms with Gasteiger partial charge in [-0.3, -0.25) is 9.59 Å². The summed E-state index contributed by atoms with van der Waals surface area (Å²) in [5.74, 6) is -1.47. The van der Waals surface area contributed by atoms with Crippen molar-refractivity contribution in [2.45, 2.75) is 32.2 Å². The first kappa shape index (κ1) is 15.0. The van der Waals surface area contributed by atoms with Gasteiger partial charge in [-0.1, -0.05) is 12.1 Å². The van der Waals surface area contributed by atoms with Crippen LogP contribution in [0, 0.1) is 0 Å². The molecule has 0 saturated carbocycles. The Balaban J connectivity index is 2.82. The normalized spacial score (nSPS) is 12.0. The summed E-state index contributed by atoms with van der Waals surface area (Å²) in [6.07, 6.45) is -0.0696. The van der Waals surface area contributed by atoms with Crippen LogP contribution < -0.4 is 10.1 Å². The maximum absolute atomic E-state index is 11.7. The fraction of sp³-hybridized carbons (Fsp3) is 0.429. The van der Waals surface area contributed by atoms with E-state index in [4.69, 9.17) is 4.74 Å². The zero-order chi connectivity index (χ0) is 14.4. The number of nitrogens with one attached hydrogen (secondary N) is 1. The van der Waals surface area contributed by atoms with E-state index in [1.54, 1.807) is 31.4 Å². The summed E-state index contributed by atoms with van der Waals surface area (Å²) >= 11 is 0. The van der Waals surface area contributed by atoms with E-state index in [0.29, 0.717) is 11.3 Å². The molecule has 0 aromatic heterocycles. The molecular weight excluding hydrogens is 246 g/mol. The number of aliphatic carboxylic acids is 1. The first-order chi connectivity index (χ1) is 8.93. The minimum absolute atomic E-state index is 0.00203. The van der Waals surface area contributed by atoms with Crippen LogP contribution in [0.25, 0.3) is 0 Å². The van der Waals surface area contributed by atoms with Crippen molar-refractivity contribution in [1.29, 1.82) is 0 Å². The van der Waals surface area contributed by atoms with Crippen LogP contribution in [-0.2, 0) is 9.59 Å². The Bertz CT molecular complexity index is 439. The van der Waals surface area contributed by atoms with E-state index in [1.807, 2.05) is 13.8 Å². The van der Waals surface area contributed by atoms with Crippen LogP contribution >= 0.6 is 0 Å². The lowest BCUT2D eigenvalue weighted by molar-refractivity contribution is -0.140.